The van der Waals surface area contributed by atoms with Gasteiger partial charge in [-0.15, -0.1) is 6.58 Å². The van der Waals surface area contributed by atoms with E-state index in [1.165, 1.54) is 5.56 Å². The molecule has 0 saturated heterocycles. The summed E-state index contributed by atoms with van der Waals surface area (Å²) < 4.78 is 0. The Morgan fingerprint density at radius 1 is 1.47 bits per heavy atom. The van der Waals surface area contributed by atoms with E-state index in [1.807, 2.05) is 12.1 Å². The summed E-state index contributed by atoms with van der Waals surface area (Å²) in [5, 5.41) is 3.04. The monoisotopic (exact) mass is 231 g/mol. The van der Waals surface area contributed by atoms with Crippen LogP contribution in [0.3, 0.4) is 0 Å². The van der Waals surface area contributed by atoms with Crippen molar-refractivity contribution < 1.29 is 0 Å². The first kappa shape index (κ1) is 13.3. The van der Waals surface area contributed by atoms with Crippen LogP contribution in [-0.2, 0) is 0 Å². The zero-order valence-corrected chi connectivity index (χ0v) is 10.6. The summed E-state index contributed by atoms with van der Waals surface area (Å²) in [4.78, 5) is 4.08. The summed E-state index contributed by atoms with van der Waals surface area (Å²) in [6, 6.07) is 8.30. The van der Waals surface area contributed by atoms with Crippen LogP contribution in [0.25, 0.3) is 0 Å². The van der Waals surface area contributed by atoms with Crippen molar-refractivity contribution in [2.24, 2.45) is 10.7 Å². The maximum absolute atomic E-state index is 5.71. The van der Waals surface area contributed by atoms with Gasteiger partial charge in [-0.05, 0) is 30.0 Å². The molecule has 0 aliphatic heterocycles. The molecular formula is C14H21N3. The van der Waals surface area contributed by atoms with Gasteiger partial charge < -0.3 is 11.1 Å². The Kier molecular flexibility index (Phi) is 5.27. The van der Waals surface area contributed by atoms with Crippen molar-refractivity contribution in [1.29, 1.82) is 0 Å². The first-order valence-corrected chi connectivity index (χ1v) is 5.95. The van der Waals surface area contributed by atoms with Gasteiger partial charge in [-0.1, -0.05) is 32.1 Å². The van der Waals surface area contributed by atoms with E-state index < -0.39 is 0 Å². The third-order valence-electron chi connectivity index (χ3n) is 2.76. The van der Waals surface area contributed by atoms with Gasteiger partial charge >= 0.3 is 0 Å². The summed E-state index contributed by atoms with van der Waals surface area (Å²) in [6.07, 6.45) is 2.86. The first-order valence-electron chi connectivity index (χ1n) is 5.95. The molecule has 0 aromatic heterocycles. The van der Waals surface area contributed by atoms with Gasteiger partial charge in [0.05, 0.1) is 6.54 Å². The number of nitrogens with one attached hydrogen (secondary N) is 1. The summed E-state index contributed by atoms with van der Waals surface area (Å²) in [5.41, 5.74) is 8.01. The first-order chi connectivity index (χ1) is 8.17. The van der Waals surface area contributed by atoms with Crippen LogP contribution < -0.4 is 11.1 Å². The molecule has 0 saturated carbocycles. The van der Waals surface area contributed by atoms with E-state index in [2.05, 4.69) is 42.9 Å². The molecule has 1 rings (SSSR count). The number of benzene rings is 1. The lowest BCUT2D eigenvalue weighted by atomic mass is 9.99. The molecule has 3 heteroatoms. The quantitative estimate of drug-likeness (QED) is 0.465. The van der Waals surface area contributed by atoms with Crippen LogP contribution in [-0.4, -0.2) is 12.5 Å². The largest absolute Gasteiger partial charge is 0.370 e. The van der Waals surface area contributed by atoms with Crippen LogP contribution in [0.15, 0.2) is 41.9 Å². The third kappa shape index (κ3) is 4.31. The molecular weight excluding hydrogens is 210 g/mol. The highest BCUT2D eigenvalue weighted by atomic mass is 15.1. The molecule has 0 fully saturated rings. The van der Waals surface area contributed by atoms with Gasteiger partial charge in [-0.3, -0.25) is 0 Å². The Morgan fingerprint density at radius 3 is 2.65 bits per heavy atom. The molecule has 0 amide bonds. The average Bonchev–Trinajstić information content (AvgIpc) is 2.36. The molecule has 0 radical (unpaired) electrons. The lowest BCUT2D eigenvalue weighted by Crippen LogP contribution is -2.22. The number of aliphatic imine (C=N–C) groups is 1. The maximum Gasteiger partial charge on any atom is 0.193 e. The maximum atomic E-state index is 5.71. The summed E-state index contributed by atoms with van der Waals surface area (Å²) in [6.45, 7) is 8.54. The second-order valence-corrected chi connectivity index (χ2v) is 4.07. The number of hydrogen-bond donors (Lipinski definition) is 2. The fraction of sp³-hybridized carbons (Fsp3) is 0.357. The van der Waals surface area contributed by atoms with E-state index in [0.717, 1.165) is 12.1 Å². The molecule has 0 bridgehead atoms. The van der Waals surface area contributed by atoms with E-state index in [9.17, 15) is 0 Å². The van der Waals surface area contributed by atoms with Crippen molar-refractivity contribution in [3.63, 3.8) is 0 Å². The van der Waals surface area contributed by atoms with E-state index in [1.54, 1.807) is 6.08 Å². The van der Waals surface area contributed by atoms with Crippen LogP contribution >= 0.6 is 0 Å². The Hall–Kier alpha value is -1.77. The van der Waals surface area contributed by atoms with E-state index in [4.69, 9.17) is 5.73 Å². The van der Waals surface area contributed by atoms with Crippen LogP contribution in [0.1, 0.15) is 31.7 Å². The second kappa shape index (κ2) is 6.74. The van der Waals surface area contributed by atoms with Gasteiger partial charge in [-0.25, -0.2) is 4.99 Å². The van der Waals surface area contributed by atoms with Gasteiger partial charge in [0.1, 0.15) is 0 Å². The van der Waals surface area contributed by atoms with Crippen molar-refractivity contribution in [2.45, 2.75) is 26.2 Å². The second-order valence-electron chi connectivity index (χ2n) is 4.07. The zero-order valence-electron chi connectivity index (χ0n) is 10.6. The smallest absolute Gasteiger partial charge is 0.193 e. The molecule has 3 N–H and O–H groups in total. The van der Waals surface area contributed by atoms with Crippen molar-refractivity contribution >= 4 is 11.6 Å². The summed E-state index contributed by atoms with van der Waals surface area (Å²) >= 11 is 0. The highest BCUT2D eigenvalue weighted by molar-refractivity contribution is 5.92. The third-order valence-corrected chi connectivity index (χ3v) is 2.76. The summed E-state index contributed by atoms with van der Waals surface area (Å²) in [5.74, 6) is 1.01. The fourth-order valence-electron chi connectivity index (χ4n) is 1.48. The number of anilines is 1. The number of guanidine groups is 1. The van der Waals surface area contributed by atoms with Gasteiger partial charge in [0.2, 0.25) is 0 Å². The van der Waals surface area contributed by atoms with Gasteiger partial charge in [0, 0.05) is 5.69 Å². The molecule has 0 spiro atoms. The molecule has 0 heterocycles. The SMILES string of the molecule is C=CCN=C(N)Nc1ccc(C(C)CC)cc1. The molecule has 17 heavy (non-hydrogen) atoms. The van der Waals surface area contributed by atoms with Crippen LogP contribution in [0, 0.1) is 0 Å². The Morgan fingerprint density at radius 2 is 2.12 bits per heavy atom. The van der Waals surface area contributed by atoms with Crippen molar-refractivity contribution in [2.75, 3.05) is 11.9 Å². The zero-order chi connectivity index (χ0) is 12.7. The van der Waals surface area contributed by atoms with E-state index >= 15 is 0 Å². The minimum atomic E-state index is 0.418. The van der Waals surface area contributed by atoms with Crippen molar-refractivity contribution in [3.05, 3.63) is 42.5 Å². The van der Waals surface area contributed by atoms with Gasteiger partial charge in [0.15, 0.2) is 5.96 Å². The minimum Gasteiger partial charge on any atom is -0.370 e. The predicted molar refractivity (Wildman–Crippen MR) is 75.5 cm³/mol. The molecule has 1 aromatic carbocycles. The lowest BCUT2D eigenvalue weighted by Gasteiger charge is -2.10. The van der Waals surface area contributed by atoms with E-state index in [-0.39, 0.29) is 0 Å². The Balaban J connectivity index is 2.65. The normalized spacial score (nSPS) is 13.2. The topological polar surface area (TPSA) is 50.4 Å². The molecule has 92 valence electrons. The molecule has 1 unspecified atom stereocenters. The average molecular weight is 231 g/mol. The van der Waals surface area contributed by atoms with Gasteiger partial charge in [0.25, 0.3) is 0 Å². The van der Waals surface area contributed by atoms with Gasteiger partial charge in [-0.2, -0.15) is 0 Å². The molecule has 0 aliphatic rings. The number of hydrogen-bond acceptors (Lipinski definition) is 1. The summed E-state index contributed by atoms with van der Waals surface area (Å²) in [7, 11) is 0. The standard InChI is InChI=1S/C14H21N3/c1-4-10-16-14(15)17-13-8-6-12(7-9-13)11(3)5-2/h4,6-9,11H,1,5,10H2,2-3H3,(H3,15,16,17). The lowest BCUT2D eigenvalue weighted by molar-refractivity contribution is 0.734. The Bertz CT molecular complexity index is 379. The molecule has 1 atom stereocenters. The van der Waals surface area contributed by atoms with Crippen LogP contribution in [0.4, 0.5) is 5.69 Å². The number of rotatable bonds is 5. The van der Waals surface area contributed by atoms with Crippen molar-refractivity contribution in [3.8, 4) is 0 Å². The van der Waals surface area contributed by atoms with E-state index in [0.29, 0.717) is 18.4 Å². The minimum absolute atomic E-state index is 0.418. The van der Waals surface area contributed by atoms with Crippen LogP contribution in [0.5, 0.6) is 0 Å². The van der Waals surface area contributed by atoms with Crippen LogP contribution in [0.2, 0.25) is 0 Å². The fourth-order valence-corrected chi connectivity index (χ4v) is 1.48. The van der Waals surface area contributed by atoms with Crippen molar-refractivity contribution in [1.82, 2.24) is 0 Å². The Labute approximate surface area is 103 Å². The molecule has 3 nitrogen and oxygen atoms in total. The predicted octanol–water partition coefficient (Wildman–Crippen LogP) is 3.11. The highest BCUT2D eigenvalue weighted by Gasteiger charge is 2.02. The molecule has 0 aliphatic carbocycles. The number of nitrogens with zero attached hydrogens (tertiary/aromatic N) is 1. The number of nitrogens with two attached hydrogens (primary N) is 1. The highest BCUT2D eigenvalue weighted by Crippen LogP contribution is 2.20. The molecule has 1 aromatic rings.